The van der Waals surface area contributed by atoms with E-state index >= 15 is 0 Å². The number of nitrogens with zero attached hydrogens (tertiary/aromatic N) is 2. The summed E-state index contributed by atoms with van der Waals surface area (Å²) < 4.78 is 14.1. The zero-order chi connectivity index (χ0) is 12.8. The minimum atomic E-state index is -0.215. The maximum atomic E-state index is 14.1. The molecule has 0 aliphatic rings. The van der Waals surface area contributed by atoms with E-state index in [0.717, 1.165) is 13.0 Å². The highest BCUT2D eigenvalue weighted by atomic mass is 19.1. The molecule has 1 aromatic rings. The molecular weight excluding hydrogens is 217 g/mol. The quantitative estimate of drug-likeness (QED) is 0.826. The molecule has 0 unspecified atom stereocenters. The normalized spacial score (nSPS) is 10.9. The van der Waals surface area contributed by atoms with Gasteiger partial charge in [0.05, 0.1) is 0 Å². The Morgan fingerprint density at radius 2 is 2.18 bits per heavy atom. The minimum Gasteiger partial charge on any atom is -0.357 e. The van der Waals surface area contributed by atoms with E-state index in [9.17, 15) is 4.39 Å². The Balaban J connectivity index is 2.78. The summed E-state index contributed by atoms with van der Waals surface area (Å²) in [6, 6.07) is 1.71. The number of hydrogen-bond acceptors (Lipinski definition) is 3. The fourth-order valence-electron chi connectivity index (χ4n) is 1.62. The monoisotopic (exact) mass is 239 g/mol. The predicted molar refractivity (Wildman–Crippen MR) is 69.7 cm³/mol. The number of hydrogen-bond donors (Lipinski definition) is 1. The minimum absolute atomic E-state index is 0.215. The summed E-state index contributed by atoms with van der Waals surface area (Å²) in [6.45, 7) is 5.67. The molecule has 0 spiro atoms. The molecule has 0 aromatic carbocycles. The maximum absolute atomic E-state index is 14.1. The summed E-state index contributed by atoms with van der Waals surface area (Å²) in [5.74, 6) is 0.840. The van der Waals surface area contributed by atoms with Crippen molar-refractivity contribution in [3.05, 3.63) is 23.6 Å². The van der Waals surface area contributed by atoms with E-state index in [0.29, 0.717) is 23.8 Å². The van der Waals surface area contributed by atoms with Crippen LogP contribution >= 0.6 is 0 Å². The van der Waals surface area contributed by atoms with Crippen molar-refractivity contribution in [3.63, 3.8) is 0 Å². The summed E-state index contributed by atoms with van der Waals surface area (Å²) in [5.41, 5.74) is 0.661. The lowest BCUT2D eigenvalue weighted by Crippen LogP contribution is -2.23. The molecule has 0 saturated heterocycles. The van der Waals surface area contributed by atoms with Crippen LogP contribution in [0.2, 0.25) is 0 Å². The molecule has 3 nitrogen and oxygen atoms in total. The Bertz CT molecular complexity index is 353. The molecule has 1 rings (SSSR count). The highest BCUT2D eigenvalue weighted by Gasteiger charge is 2.12. The molecule has 0 amide bonds. The van der Waals surface area contributed by atoms with Crippen molar-refractivity contribution in [2.75, 3.05) is 25.5 Å². The van der Waals surface area contributed by atoms with E-state index in [1.807, 2.05) is 19.0 Å². The molecule has 1 heterocycles. The third kappa shape index (κ3) is 3.97. The third-order valence-electron chi connectivity index (χ3n) is 2.72. The maximum Gasteiger partial charge on any atom is 0.170 e. The van der Waals surface area contributed by atoms with Gasteiger partial charge in [-0.3, -0.25) is 0 Å². The van der Waals surface area contributed by atoms with Gasteiger partial charge < -0.3 is 10.2 Å². The Morgan fingerprint density at radius 3 is 2.76 bits per heavy atom. The van der Waals surface area contributed by atoms with E-state index in [1.54, 1.807) is 12.3 Å². The lowest BCUT2D eigenvalue weighted by molar-refractivity contribution is 0.563. The molecule has 0 bridgehead atoms. The molecule has 1 N–H and O–H groups in total. The van der Waals surface area contributed by atoms with Crippen molar-refractivity contribution >= 4 is 5.82 Å². The zero-order valence-corrected chi connectivity index (χ0v) is 11.1. The van der Waals surface area contributed by atoms with Gasteiger partial charge >= 0.3 is 0 Å². The Morgan fingerprint density at radius 1 is 1.47 bits per heavy atom. The molecule has 1 aromatic heterocycles. The number of anilines is 1. The number of aromatic nitrogens is 1. The fraction of sp³-hybridized carbons (Fsp3) is 0.615. The number of nitrogens with one attached hydrogen (secondary N) is 1. The van der Waals surface area contributed by atoms with Gasteiger partial charge in [-0.05, 0) is 25.5 Å². The zero-order valence-electron chi connectivity index (χ0n) is 11.1. The first kappa shape index (κ1) is 13.9. The first-order chi connectivity index (χ1) is 8.06. The summed E-state index contributed by atoms with van der Waals surface area (Å²) in [6.07, 6.45) is 2.70. The average Bonchev–Trinajstić information content (AvgIpc) is 2.29. The van der Waals surface area contributed by atoms with E-state index in [2.05, 4.69) is 24.1 Å². The summed E-state index contributed by atoms with van der Waals surface area (Å²) in [7, 11) is 3.69. The van der Waals surface area contributed by atoms with E-state index in [4.69, 9.17) is 0 Å². The van der Waals surface area contributed by atoms with E-state index in [1.165, 1.54) is 0 Å². The van der Waals surface area contributed by atoms with Gasteiger partial charge in [0.1, 0.15) is 0 Å². The van der Waals surface area contributed by atoms with Crippen molar-refractivity contribution in [2.24, 2.45) is 5.92 Å². The van der Waals surface area contributed by atoms with Crippen LogP contribution in [0.15, 0.2) is 12.3 Å². The van der Waals surface area contributed by atoms with Gasteiger partial charge in [-0.2, -0.15) is 0 Å². The molecule has 4 heteroatoms. The number of rotatable bonds is 6. The fourth-order valence-corrected chi connectivity index (χ4v) is 1.62. The summed E-state index contributed by atoms with van der Waals surface area (Å²) in [5, 5.41) is 2.95. The van der Waals surface area contributed by atoms with Crippen LogP contribution in [0, 0.1) is 11.7 Å². The third-order valence-corrected chi connectivity index (χ3v) is 2.72. The number of halogens is 1. The molecule has 0 saturated carbocycles. The van der Waals surface area contributed by atoms with Crippen LogP contribution in [0.25, 0.3) is 0 Å². The average molecular weight is 239 g/mol. The van der Waals surface area contributed by atoms with Crippen molar-refractivity contribution in [3.8, 4) is 0 Å². The van der Waals surface area contributed by atoms with Crippen molar-refractivity contribution in [1.82, 2.24) is 10.3 Å². The van der Waals surface area contributed by atoms with Crippen LogP contribution in [-0.2, 0) is 6.54 Å². The lowest BCUT2D eigenvalue weighted by Gasteiger charge is -2.20. The molecular formula is C13H22FN3. The standard InChI is InChI=1S/C13H22FN3/c1-10(2)6-8-17(4)13-12(14)11(9-15-3)5-7-16-13/h5,7,10,15H,6,8-9H2,1-4H3. The van der Waals surface area contributed by atoms with Crippen molar-refractivity contribution in [2.45, 2.75) is 26.8 Å². The second-order valence-electron chi connectivity index (χ2n) is 4.74. The molecule has 0 aliphatic carbocycles. The van der Waals surface area contributed by atoms with Crippen molar-refractivity contribution in [1.29, 1.82) is 0 Å². The van der Waals surface area contributed by atoms with Crippen LogP contribution in [-0.4, -0.2) is 25.6 Å². The highest BCUT2D eigenvalue weighted by molar-refractivity contribution is 5.42. The van der Waals surface area contributed by atoms with Crippen LogP contribution in [0.4, 0.5) is 10.2 Å². The van der Waals surface area contributed by atoms with Gasteiger partial charge in [-0.25, -0.2) is 9.37 Å². The van der Waals surface area contributed by atoms with Gasteiger partial charge in [-0.15, -0.1) is 0 Å². The van der Waals surface area contributed by atoms with Crippen molar-refractivity contribution < 1.29 is 4.39 Å². The van der Waals surface area contributed by atoms with Gasteiger partial charge in [0.25, 0.3) is 0 Å². The largest absolute Gasteiger partial charge is 0.357 e. The summed E-state index contributed by atoms with van der Waals surface area (Å²) >= 11 is 0. The Hall–Kier alpha value is -1.16. The number of pyridine rings is 1. The predicted octanol–water partition coefficient (Wildman–Crippen LogP) is 2.42. The molecule has 0 radical (unpaired) electrons. The van der Waals surface area contributed by atoms with E-state index < -0.39 is 0 Å². The second kappa shape index (κ2) is 6.55. The molecule has 0 fully saturated rings. The lowest BCUT2D eigenvalue weighted by atomic mass is 10.1. The van der Waals surface area contributed by atoms with Gasteiger partial charge in [0.2, 0.25) is 0 Å². The van der Waals surface area contributed by atoms with Crippen LogP contribution in [0.3, 0.4) is 0 Å². The molecule has 17 heavy (non-hydrogen) atoms. The SMILES string of the molecule is CNCc1ccnc(N(C)CCC(C)C)c1F. The summed E-state index contributed by atoms with van der Waals surface area (Å²) in [4.78, 5) is 6.01. The van der Waals surface area contributed by atoms with Crippen LogP contribution in [0.5, 0.6) is 0 Å². The molecule has 96 valence electrons. The molecule has 0 atom stereocenters. The van der Waals surface area contributed by atoms with Gasteiger partial charge in [0, 0.05) is 31.9 Å². The Labute approximate surface area is 103 Å². The molecule has 0 aliphatic heterocycles. The second-order valence-corrected chi connectivity index (χ2v) is 4.74. The van der Waals surface area contributed by atoms with Gasteiger partial charge in [-0.1, -0.05) is 13.8 Å². The first-order valence-corrected chi connectivity index (χ1v) is 6.05. The van der Waals surface area contributed by atoms with Crippen LogP contribution < -0.4 is 10.2 Å². The van der Waals surface area contributed by atoms with Crippen LogP contribution in [0.1, 0.15) is 25.8 Å². The van der Waals surface area contributed by atoms with E-state index in [-0.39, 0.29) is 5.82 Å². The van der Waals surface area contributed by atoms with Gasteiger partial charge in [0.15, 0.2) is 11.6 Å². The highest BCUT2D eigenvalue weighted by Crippen LogP contribution is 2.19. The first-order valence-electron chi connectivity index (χ1n) is 6.05. The smallest absolute Gasteiger partial charge is 0.170 e. The Kier molecular flexibility index (Phi) is 5.35. The topological polar surface area (TPSA) is 28.2 Å².